The van der Waals surface area contributed by atoms with E-state index in [1.165, 1.54) is 17.3 Å². The van der Waals surface area contributed by atoms with Crippen LogP contribution in [0.15, 0.2) is 35.7 Å². The van der Waals surface area contributed by atoms with Crippen LogP contribution in [0.2, 0.25) is 0 Å². The second kappa shape index (κ2) is 8.28. The molecule has 0 saturated carbocycles. The first-order valence-corrected chi connectivity index (χ1v) is 8.46. The molecular weight excluding hydrogens is 355 g/mol. The number of alkyl halides is 3. The van der Waals surface area contributed by atoms with E-state index in [1.807, 2.05) is 42.8 Å². The molecule has 0 fully saturated rings. The summed E-state index contributed by atoms with van der Waals surface area (Å²) in [5.41, 5.74) is 3.33. The van der Waals surface area contributed by atoms with Crippen molar-refractivity contribution in [2.45, 2.75) is 25.2 Å². The van der Waals surface area contributed by atoms with Crippen molar-refractivity contribution in [1.29, 1.82) is 0 Å². The fraction of sp³-hybridized carbons (Fsp3) is 0.375. The number of carbonyl (C=O) groups excluding carboxylic acids is 1. The van der Waals surface area contributed by atoms with Gasteiger partial charge >= 0.3 is 12.3 Å². The molecule has 0 aliphatic carbocycles. The summed E-state index contributed by atoms with van der Waals surface area (Å²) in [6.45, 7) is 2.63. The Hall–Kier alpha value is -2.16. The summed E-state index contributed by atoms with van der Waals surface area (Å²) in [6, 6.07) is 6.06. The van der Waals surface area contributed by atoms with E-state index in [1.54, 1.807) is 6.20 Å². The molecule has 1 heterocycles. The van der Waals surface area contributed by atoms with E-state index in [0.29, 0.717) is 5.75 Å². The highest BCUT2D eigenvalue weighted by molar-refractivity contribution is 7.99. The van der Waals surface area contributed by atoms with Gasteiger partial charge < -0.3 is 10.1 Å². The van der Waals surface area contributed by atoms with Gasteiger partial charge in [0.1, 0.15) is 0 Å². The Balaban J connectivity index is 1.83. The SMILES string of the molecule is Cc1ccc(-n2ccnc2SCCNC(=O)OCC(F)(F)F)cc1C. The number of alkyl carbamates (subject to hydrolysis) is 1. The van der Waals surface area contributed by atoms with Crippen molar-refractivity contribution >= 4 is 17.9 Å². The normalized spacial score (nSPS) is 11.4. The number of rotatable bonds is 6. The number of aryl methyl sites for hydroxylation is 2. The molecular formula is C16H18F3N3O2S. The van der Waals surface area contributed by atoms with Gasteiger partial charge in [-0.05, 0) is 37.1 Å². The van der Waals surface area contributed by atoms with Crippen LogP contribution in [-0.4, -0.2) is 40.7 Å². The third-order valence-corrected chi connectivity index (χ3v) is 4.31. The van der Waals surface area contributed by atoms with Crippen molar-refractivity contribution in [1.82, 2.24) is 14.9 Å². The Morgan fingerprint density at radius 1 is 1.32 bits per heavy atom. The van der Waals surface area contributed by atoms with Crippen LogP contribution in [-0.2, 0) is 4.74 Å². The first-order valence-electron chi connectivity index (χ1n) is 7.47. The van der Waals surface area contributed by atoms with Gasteiger partial charge in [-0.15, -0.1) is 0 Å². The lowest BCUT2D eigenvalue weighted by molar-refractivity contribution is -0.160. The molecule has 0 aliphatic heterocycles. The lowest BCUT2D eigenvalue weighted by atomic mass is 10.1. The Kier molecular flexibility index (Phi) is 6.35. The predicted octanol–water partition coefficient (Wildman–Crippen LogP) is 3.87. The molecule has 5 nitrogen and oxygen atoms in total. The number of aromatic nitrogens is 2. The second-order valence-corrected chi connectivity index (χ2v) is 6.38. The Labute approximate surface area is 147 Å². The Morgan fingerprint density at radius 2 is 2.08 bits per heavy atom. The van der Waals surface area contributed by atoms with Gasteiger partial charge in [0.15, 0.2) is 11.8 Å². The minimum absolute atomic E-state index is 0.168. The zero-order valence-electron chi connectivity index (χ0n) is 13.8. The largest absolute Gasteiger partial charge is 0.440 e. The minimum atomic E-state index is -4.52. The smallest absolute Gasteiger partial charge is 0.422 e. The van der Waals surface area contributed by atoms with E-state index in [4.69, 9.17) is 0 Å². The molecule has 0 saturated heterocycles. The molecule has 1 aromatic heterocycles. The summed E-state index contributed by atoms with van der Waals surface area (Å²) in [4.78, 5) is 15.4. The number of imidazole rings is 1. The van der Waals surface area contributed by atoms with Crippen molar-refractivity contribution in [2.75, 3.05) is 18.9 Å². The number of hydrogen-bond donors (Lipinski definition) is 1. The molecule has 0 radical (unpaired) electrons. The maximum absolute atomic E-state index is 11.9. The van der Waals surface area contributed by atoms with Crippen LogP contribution in [0.3, 0.4) is 0 Å². The molecule has 2 rings (SSSR count). The van der Waals surface area contributed by atoms with Gasteiger partial charge in [-0.1, -0.05) is 17.8 Å². The Morgan fingerprint density at radius 3 is 2.76 bits per heavy atom. The average Bonchev–Trinajstić information content (AvgIpc) is 3.00. The summed E-state index contributed by atoms with van der Waals surface area (Å²) in [5, 5.41) is 3.00. The van der Waals surface area contributed by atoms with Crippen LogP contribution in [0.4, 0.5) is 18.0 Å². The highest BCUT2D eigenvalue weighted by atomic mass is 32.2. The topological polar surface area (TPSA) is 56.2 Å². The first-order chi connectivity index (χ1) is 11.8. The second-order valence-electron chi connectivity index (χ2n) is 5.31. The standard InChI is InChI=1S/C16H18F3N3O2S/c1-11-3-4-13(9-12(11)2)22-7-5-20-14(22)25-8-6-21-15(23)24-10-16(17,18)19/h3-5,7,9H,6,8,10H2,1-2H3,(H,21,23). The van der Waals surface area contributed by atoms with E-state index in [2.05, 4.69) is 15.0 Å². The fourth-order valence-corrected chi connectivity index (χ4v) is 2.79. The predicted molar refractivity (Wildman–Crippen MR) is 89.2 cm³/mol. The highest BCUT2D eigenvalue weighted by Crippen LogP contribution is 2.21. The lowest BCUT2D eigenvalue weighted by Gasteiger charge is -2.10. The average molecular weight is 373 g/mol. The number of amides is 1. The number of halogens is 3. The lowest BCUT2D eigenvalue weighted by Crippen LogP contribution is -2.30. The molecule has 25 heavy (non-hydrogen) atoms. The number of hydrogen-bond acceptors (Lipinski definition) is 4. The van der Waals surface area contributed by atoms with Gasteiger partial charge in [0.25, 0.3) is 0 Å². The molecule has 1 aromatic carbocycles. The maximum atomic E-state index is 11.9. The van der Waals surface area contributed by atoms with E-state index in [0.717, 1.165) is 16.4 Å². The summed E-state index contributed by atoms with van der Waals surface area (Å²) in [6.07, 6.45) is -2.11. The van der Waals surface area contributed by atoms with Crippen molar-refractivity contribution in [2.24, 2.45) is 0 Å². The van der Waals surface area contributed by atoms with Gasteiger partial charge in [-0.2, -0.15) is 13.2 Å². The third kappa shape index (κ3) is 6.00. The molecule has 0 atom stereocenters. The van der Waals surface area contributed by atoms with Gasteiger partial charge in [-0.25, -0.2) is 9.78 Å². The molecule has 1 N–H and O–H groups in total. The van der Waals surface area contributed by atoms with Crippen LogP contribution >= 0.6 is 11.8 Å². The Bertz CT molecular complexity index is 732. The molecule has 0 bridgehead atoms. The monoisotopic (exact) mass is 373 g/mol. The van der Waals surface area contributed by atoms with Crippen molar-refractivity contribution in [3.63, 3.8) is 0 Å². The zero-order valence-corrected chi connectivity index (χ0v) is 14.6. The minimum Gasteiger partial charge on any atom is -0.440 e. The van der Waals surface area contributed by atoms with Crippen molar-refractivity contribution in [3.05, 3.63) is 41.7 Å². The molecule has 2 aromatic rings. The molecule has 0 unspecified atom stereocenters. The molecule has 0 aliphatic rings. The first kappa shape index (κ1) is 19.2. The fourth-order valence-electron chi connectivity index (χ4n) is 1.96. The van der Waals surface area contributed by atoms with Gasteiger partial charge in [-0.3, -0.25) is 4.57 Å². The third-order valence-electron chi connectivity index (χ3n) is 3.34. The maximum Gasteiger partial charge on any atom is 0.422 e. The van der Waals surface area contributed by atoms with E-state index in [9.17, 15) is 18.0 Å². The van der Waals surface area contributed by atoms with Crippen LogP contribution in [0, 0.1) is 13.8 Å². The number of thioether (sulfide) groups is 1. The van der Waals surface area contributed by atoms with Gasteiger partial charge in [0.2, 0.25) is 0 Å². The van der Waals surface area contributed by atoms with Crippen LogP contribution in [0.1, 0.15) is 11.1 Å². The van der Waals surface area contributed by atoms with Crippen molar-refractivity contribution in [3.8, 4) is 5.69 Å². The zero-order chi connectivity index (χ0) is 18.4. The quantitative estimate of drug-likeness (QED) is 0.617. The summed E-state index contributed by atoms with van der Waals surface area (Å²) in [7, 11) is 0. The molecule has 9 heteroatoms. The molecule has 136 valence electrons. The number of nitrogens with one attached hydrogen (secondary N) is 1. The summed E-state index contributed by atoms with van der Waals surface area (Å²) in [5.74, 6) is 0.447. The molecule has 1 amide bonds. The van der Waals surface area contributed by atoms with Gasteiger partial charge in [0, 0.05) is 30.4 Å². The van der Waals surface area contributed by atoms with Gasteiger partial charge in [0.05, 0.1) is 0 Å². The highest BCUT2D eigenvalue weighted by Gasteiger charge is 2.29. The molecule has 0 spiro atoms. The number of carbonyl (C=O) groups is 1. The van der Waals surface area contributed by atoms with Crippen LogP contribution in [0.5, 0.6) is 0 Å². The summed E-state index contributed by atoms with van der Waals surface area (Å²) >= 11 is 1.38. The van der Waals surface area contributed by atoms with Crippen LogP contribution in [0.25, 0.3) is 5.69 Å². The van der Waals surface area contributed by atoms with Crippen LogP contribution < -0.4 is 5.32 Å². The number of nitrogens with zero attached hydrogens (tertiary/aromatic N) is 2. The number of benzene rings is 1. The number of ether oxygens (including phenoxy) is 1. The van der Waals surface area contributed by atoms with E-state index < -0.39 is 18.9 Å². The van der Waals surface area contributed by atoms with Crippen molar-refractivity contribution < 1.29 is 22.7 Å². The summed E-state index contributed by atoms with van der Waals surface area (Å²) < 4.78 is 41.8. The van der Waals surface area contributed by atoms with E-state index >= 15 is 0 Å². The van der Waals surface area contributed by atoms with E-state index in [-0.39, 0.29) is 6.54 Å².